The number of rotatable bonds is 5. The average molecular weight is 564 g/mol. The second kappa shape index (κ2) is 14.1. The standard InChI is InChI=1S/C36H38FN3O2/c1-28-11-8-16-32-27-39(34(41)25-29-12-4-2-5-13-29)23-9-21-38(26-30-14-6-3-7-15-30)22-10-24-40(35(28)32)36(42)31-17-19-33(37)20-18-31/h2-8,11-20H,9-10,21-27H2,1H3. The number of aryl methyl sites for hydroxylation is 1. The van der Waals surface area contributed by atoms with Gasteiger partial charge in [-0.1, -0.05) is 78.9 Å². The highest BCUT2D eigenvalue weighted by Gasteiger charge is 2.25. The lowest BCUT2D eigenvalue weighted by atomic mass is 10.0. The van der Waals surface area contributed by atoms with Crippen molar-refractivity contribution in [1.82, 2.24) is 9.80 Å². The van der Waals surface area contributed by atoms with Crippen LogP contribution in [0.1, 0.15) is 45.5 Å². The lowest BCUT2D eigenvalue weighted by Crippen LogP contribution is -2.39. The summed E-state index contributed by atoms with van der Waals surface area (Å²) in [6.07, 6.45) is 1.96. The van der Waals surface area contributed by atoms with Gasteiger partial charge in [0.1, 0.15) is 5.82 Å². The van der Waals surface area contributed by atoms with Gasteiger partial charge >= 0.3 is 0 Å². The Balaban J connectivity index is 1.49. The zero-order valence-electron chi connectivity index (χ0n) is 24.2. The smallest absolute Gasteiger partial charge is 0.258 e. The Morgan fingerprint density at radius 1 is 0.714 bits per heavy atom. The lowest BCUT2D eigenvalue weighted by molar-refractivity contribution is -0.131. The average Bonchev–Trinajstić information content (AvgIpc) is 2.99. The van der Waals surface area contributed by atoms with Gasteiger partial charge in [-0.2, -0.15) is 0 Å². The number of amides is 2. The highest BCUT2D eigenvalue weighted by Crippen LogP contribution is 2.29. The molecule has 0 N–H and O–H groups in total. The van der Waals surface area contributed by atoms with Crippen molar-refractivity contribution < 1.29 is 14.0 Å². The topological polar surface area (TPSA) is 43.9 Å². The third-order valence-electron chi connectivity index (χ3n) is 7.85. The molecule has 1 aliphatic heterocycles. The molecule has 2 amide bonds. The van der Waals surface area contributed by atoms with Gasteiger partial charge in [0.05, 0.1) is 12.1 Å². The van der Waals surface area contributed by atoms with Gasteiger partial charge in [-0.05, 0) is 66.3 Å². The first-order chi connectivity index (χ1) is 20.5. The van der Waals surface area contributed by atoms with Crippen molar-refractivity contribution in [3.05, 3.63) is 137 Å². The van der Waals surface area contributed by atoms with Crippen molar-refractivity contribution in [2.75, 3.05) is 31.1 Å². The second-order valence-electron chi connectivity index (χ2n) is 11.0. The van der Waals surface area contributed by atoms with Gasteiger partial charge in [0.2, 0.25) is 5.91 Å². The van der Waals surface area contributed by atoms with Crippen LogP contribution in [0.15, 0.2) is 103 Å². The quantitative estimate of drug-likeness (QED) is 0.273. The van der Waals surface area contributed by atoms with Gasteiger partial charge in [-0.3, -0.25) is 14.5 Å². The Labute approximate surface area is 248 Å². The third kappa shape index (κ3) is 7.51. The van der Waals surface area contributed by atoms with Crippen LogP contribution >= 0.6 is 0 Å². The van der Waals surface area contributed by atoms with Crippen LogP contribution in [0.5, 0.6) is 0 Å². The number of anilines is 1. The predicted molar refractivity (Wildman–Crippen MR) is 166 cm³/mol. The first-order valence-corrected chi connectivity index (χ1v) is 14.7. The summed E-state index contributed by atoms with van der Waals surface area (Å²) in [6, 6.07) is 32.0. The van der Waals surface area contributed by atoms with Gasteiger partial charge < -0.3 is 9.80 Å². The molecule has 0 saturated carbocycles. The van der Waals surface area contributed by atoms with Crippen LogP contribution < -0.4 is 4.90 Å². The van der Waals surface area contributed by atoms with Crippen molar-refractivity contribution in [2.45, 2.75) is 39.3 Å². The molecular weight excluding hydrogens is 525 g/mol. The van der Waals surface area contributed by atoms with Crippen LogP contribution in [0, 0.1) is 12.7 Å². The zero-order chi connectivity index (χ0) is 29.3. The van der Waals surface area contributed by atoms with Crippen LogP contribution in [-0.2, 0) is 24.3 Å². The number of nitrogens with zero attached hydrogens (tertiary/aromatic N) is 3. The Hall–Kier alpha value is -4.29. The molecule has 42 heavy (non-hydrogen) atoms. The van der Waals surface area contributed by atoms with Crippen molar-refractivity contribution in [3.8, 4) is 0 Å². The second-order valence-corrected chi connectivity index (χ2v) is 11.0. The minimum Gasteiger partial charge on any atom is -0.338 e. The normalized spacial score (nSPS) is 14.9. The maximum atomic E-state index is 14.0. The van der Waals surface area contributed by atoms with Gasteiger partial charge in [0, 0.05) is 44.8 Å². The van der Waals surface area contributed by atoms with Gasteiger partial charge in [0.25, 0.3) is 5.91 Å². The summed E-state index contributed by atoms with van der Waals surface area (Å²) in [5.74, 6) is -0.475. The van der Waals surface area contributed by atoms with E-state index in [9.17, 15) is 14.0 Å². The third-order valence-corrected chi connectivity index (χ3v) is 7.85. The largest absolute Gasteiger partial charge is 0.338 e. The van der Waals surface area contributed by atoms with Crippen molar-refractivity contribution in [1.29, 1.82) is 0 Å². The van der Waals surface area contributed by atoms with Crippen LogP contribution in [0.3, 0.4) is 0 Å². The molecule has 0 bridgehead atoms. The number of fused-ring (bicyclic) bond motifs is 1. The highest BCUT2D eigenvalue weighted by molar-refractivity contribution is 6.07. The molecule has 0 fully saturated rings. The molecular formula is C36H38FN3O2. The first-order valence-electron chi connectivity index (χ1n) is 14.7. The Bertz CT molecular complexity index is 1480. The molecule has 4 aromatic rings. The summed E-state index contributed by atoms with van der Waals surface area (Å²) in [5.41, 5.74) is 5.40. The van der Waals surface area contributed by atoms with Crippen LogP contribution in [0.2, 0.25) is 0 Å². The summed E-state index contributed by atoms with van der Waals surface area (Å²) in [5, 5.41) is 0. The molecule has 0 unspecified atom stereocenters. The highest BCUT2D eigenvalue weighted by atomic mass is 19.1. The molecule has 1 heterocycles. The van der Waals surface area contributed by atoms with E-state index >= 15 is 0 Å². The summed E-state index contributed by atoms with van der Waals surface area (Å²) in [7, 11) is 0. The number of hydrogen-bond donors (Lipinski definition) is 0. The van der Waals surface area contributed by atoms with E-state index in [0.717, 1.165) is 54.9 Å². The molecule has 0 aliphatic carbocycles. The van der Waals surface area contributed by atoms with Gasteiger partial charge in [-0.25, -0.2) is 4.39 Å². The summed E-state index contributed by atoms with van der Waals surface area (Å²) in [6.45, 7) is 6.01. The van der Waals surface area contributed by atoms with E-state index in [1.807, 2.05) is 71.3 Å². The number of benzene rings is 4. The molecule has 216 valence electrons. The number of halogens is 1. The molecule has 0 aromatic heterocycles. The van der Waals surface area contributed by atoms with E-state index in [1.165, 1.54) is 17.7 Å². The predicted octanol–water partition coefficient (Wildman–Crippen LogP) is 6.65. The molecule has 5 rings (SSSR count). The molecule has 6 heteroatoms. The summed E-state index contributed by atoms with van der Waals surface area (Å²) in [4.78, 5) is 33.9. The number of para-hydroxylation sites is 1. The molecule has 0 spiro atoms. The molecule has 0 radical (unpaired) electrons. The van der Waals surface area contributed by atoms with Crippen molar-refractivity contribution >= 4 is 17.5 Å². The molecule has 5 nitrogen and oxygen atoms in total. The minimum absolute atomic E-state index is 0.0664. The van der Waals surface area contributed by atoms with Crippen LogP contribution in [0.4, 0.5) is 10.1 Å². The Morgan fingerprint density at radius 2 is 1.36 bits per heavy atom. The SMILES string of the molecule is Cc1cccc2c1N(C(=O)c1ccc(F)cc1)CCCN(Cc1ccccc1)CCCN(C(=O)Cc1ccccc1)C2. The Morgan fingerprint density at radius 3 is 2.05 bits per heavy atom. The number of carbonyl (C=O) groups excluding carboxylic acids is 2. The van der Waals surface area contributed by atoms with E-state index in [-0.39, 0.29) is 17.6 Å². The first kappa shape index (κ1) is 29.2. The molecule has 1 aliphatic rings. The summed E-state index contributed by atoms with van der Waals surface area (Å²) < 4.78 is 13.7. The van der Waals surface area contributed by atoms with E-state index in [1.54, 1.807) is 12.1 Å². The fourth-order valence-corrected chi connectivity index (χ4v) is 5.73. The van der Waals surface area contributed by atoms with Crippen molar-refractivity contribution in [2.24, 2.45) is 0 Å². The maximum Gasteiger partial charge on any atom is 0.258 e. The zero-order valence-corrected chi connectivity index (χ0v) is 24.2. The number of carbonyl (C=O) groups is 2. The molecule has 0 saturated heterocycles. The maximum absolute atomic E-state index is 14.0. The minimum atomic E-state index is -0.374. The Kier molecular flexibility index (Phi) is 9.78. The monoisotopic (exact) mass is 563 g/mol. The van der Waals surface area contributed by atoms with Crippen molar-refractivity contribution in [3.63, 3.8) is 0 Å². The van der Waals surface area contributed by atoms with E-state index in [0.29, 0.717) is 31.6 Å². The van der Waals surface area contributed by atoms with Crippen LogP contribution in [-0.4, -0.2) is 47.8 Å². The summed E-state index contributed by atoms with van der Waals surface area (Å²) >= 11 is 0. The fourth-order valence-electron chi connectivity index (χ4n) is 5.73. The van der Waals surface area contributed by atoms with Gasteiger partial charge in [-0.15, -0.1) is 0 Å². The van der Waals surface area contributed by atoms with E-state index in [4.69, 9.17) is 0 Å². The number of hydrogen-bond acceptors (Lipinski definition) is 3. The van der Waals surface area contributed by atoms with E-state index in [2.05, 4.69) is 29.2 Å². The van der Waals surface area contributed by atoms with Gasteiger partial charge in [0.15, 0.2) is 0 Å². The lowest BCUT2D eigenvalue weighted by Gasteiger charge is -2.33. The molecule has 4 aromatic carbocycles. The fraction of sp³-hybridized carbons (Fsp3) is 0.278. The molecule has 0 atom stereocenters. The van der Waals surface area contributed by atoms with E-state index < -0.39 is 0 Å². The van der Waals surface area contributed by atoms with Crippen LogP contribution in [0.25, 0.3) is 0 Å².